The molecule has 0 saturated carbocycles. The topological polar surface area (TPSA) is 66.3 Å². The second-order valence-electron chi connectivity index (χ2n) is 4.63. The first kappa shape index (κ1) is 14.2. The van der Waals surface area contributed by atoms with Crippen molar-refractivity contribution >= 4 is 22.7 Å². The van der Waals surface area contributed by atoms with Gasteiger partial charge in [-0.05, 0) is 25.5 Å². The molecule has 0 unspecified atom stereocenters. The van der Waals surface area contributed by atoms with E-state index in [1.54, 1.807) is 0 Å². The van der Waals surface area contributed by atoms with Crippen molar-refractivity contribution in [3.63, 3.8) is 0 Å². The summed E-state index contributed by atoms with van der Waals surface area (Å²) in [7, 11) is 0. The van der Waals surface area contributed by atoms with Crippen LogP contribution >= 0.6 is 0 Å². The molecule has 0 bridgehead atoms. The predicted molar refractivity (Wildman–Crippen MR) is 79.3 cm³/mol. The van der Waals surface area contributed by atoms with Gasteiger partial charge in [0.25, 0.3) is 0 Å². The van der Waals surface area contributed by atoms with Gasteiger partial charge in [-0.25, -0.2) is 14.8 Å². The summed E-state index contributed by atoms with van der Waals surface area (Å²) in [6.07, 6.45) is 2.14. The number of aromatic nitrogens is 2. The Bertz CT molecular complexity index is 613. The molecule has 1 aromatic carbocycles. The molecule has 106 valence electrons. The van der Waals surface area contributed by atoms with Crippen LogP contribution in [0, 0.1) is 0 Å². The van der Waals surface area contributed by atoms with Gasteiger partial charge in [0.05, 0.1) is 5.52 Å². The standard InChI is InChI=1S/C15H19N3O2/c1-3-5-10-18(4-2)14-11-8-6-7-9-12(11)16-13(17-14)15(19)20/h6-9H,3-5,10H2,1-2H3,(H,19,20). The van der Waals surface area contributed by atoms with Gasteiger partial charge >= 0.3 is 5.97 Å². The Morgan fingerprint density at radius 2 is 2.00 bits per heavy atom. The zero-order chi connectivity index (χ0) is 14.5. The molecule has 20 heavy (non-hydrogen) atoms. The van der Waals surface area contributed by atoms with Gasteiger partial charge in [0.1, 0.15) is 5.82 Å². The third kappa shape index (κ3) is 2.87. The van der Waals surface area contributed by atoms with Gasteiger partial charge in [-0.15, -0.1) is 0 Å². The lowest BCUT2D eigenvalue weighted by Gasteiger charge is -2.23. The van der Waals surface area contributed by atoms with Crippen LogP contribution in [0.5, 0.6) is 0 Å². The number of para-hydroxylation sites is 1. The Morgan fingerprint density at radius 1 is 1.25 bits per heavy atom. The van der Waals surface area contributed by atoms with E-state index in [4.69, 9.17) is 5.11 Å². The van der Waals surface area contributed by atoms with Crippen molar-refractivity contribution in [1.82, 2.24) is 9.97 Å². The van der Waals surface area contributed by atoms with Gasteiger partial charge in [0, 0.05) is 18.5 Å². The van der Waals surface area contributed by atoms with Crippen LogP contribution in [0.4, 0.5) is 5.82 Å². The van der Waals surface area contributed by atoms with E-state index in [0.29, 0.717) is 11.3 Å². The second-order valence-corrected chi connectivity index (χ2v) is 4.63. The largest absolute Gasteiger partial charge is 0.475 e. The van der Waals surface area contributed by atoms with E-state index < -0.39 is 5.97 Å². The second kappa shape index (κ2) is 6.32. The van der Waals surface area contributed by atoms with Crippen LogP contribution in [0.1, 0.15) is 37.3 Å². The molecule has 0 saturated heterocycles. The molecule has 0 atom stereocenters. The van der Waals surface area contributed by atoms with Crippen LogP contribution in [0.25, 0.3) is 10.9 Å². The van der Waals surface area contributed by atoms with Crippen molar-refractivity contribution in [3.05, 3.63) is 30.1 Å². The molecule has 0 amide bonds. The van der Waals surface area contributed by atoms with E-state index in [0.717, 1.165) is 31.3 Å². The maximum atomic E-state index is 11.2. The summed E-state index contributed by atoms with van der Waals surface area (Å²) in [4.78, 5) is 21.6. The highest BCUT2D eigenvalue weighted by Gasteiger charge is 2.16. The third-order valence-corrected chi connectivity index (χ3v) is 3.24. The summed E-state index contributed by atoms with van der Waals surface area (Å²) in [6.45, 7) is 5.84. The van der Waals surface area contributed by atoms with Crippen molar-refractivity contribution in [3.8, 4) is 0 Å². The number of carboxylic acids is 1. The monoisotopic (exact) mass is 273 g/mol. The van der Waals surface area contributed by atoms with Crippen molar-refractivity contribution in [2.45, 2.75) is 26.7 Å². The minimum Gasteiger partial charge on any atom is -0.475 e. The molecule has 0 radical (unpaired) electrons. The van der Waals surface area contributed by atoms with E-state index in [-0.39, 0.29) is 5.82 Å². The Labute approximate surface area is 118 Å². The molecule has 5 nitrogen and oxygen atoms in total. The molecule has 0 aliphatic rings. The fourth-order valence-electron chi connectivity index (χ4n) is 2.16. The number of hydrogen-bond donors (Lipinski definition) is 1. The number of nitrogens with zero attached hydrogens (tertiary/aromatic N) is 3. The average molecular weight is 273 g/mol. The number of aromatic carboxylic acids is 1. The molecule has 1 N–H and O–H groups in total. The van der Waals surface area contributed by atoms with Crippen LogP contribution in [0.3, 0.4) is 0 Å². The molecular weight excluding hydrogens is 254 g/mol. The quantitative estimate of drug-likeness (QED) is 0.876. The van der Waals surface area contributed by atoms with E-state index in [9.17, 15) is 4.79 Å². The highest BCUT2D eigenvalue weighted by atomic mass is 16.4. The lowest BCUT2D eigenvalue weighted by atomic mass is 10.2. The van der Waals surface area contributed by atoms with Crippen LogP contribution in [0.15, 0.2) is 24.3 Å². The van der Waals surface area contributed by atoms with Gasteiger partial charge in [0.2, 0.25) is 5.82 Å². The summed E-state index contributed by atoms with van der Waals surface area (Å²) in [5.41, 5.74) is 0.671. The third-order valence-electron chi connectivity index (χ3n) is 3.24. The SMILES string of the molecule is CCCCN(CC)c1nc(C(=O)O)nc2ccccc12. The van der Waals surface area contributed by atoms with E-state index in [1.165, 1.54) is 0 Å². The van der Waals surface area contributed by atoms with Gasteiger partial charge in [-0.3, -0.25) is 0 Å². The Balaban J connectivity index is 2.56. The molecule has 0 fully saturated rings. The van der Waals surface area contributed by atoms with E-state index in [1.807, 2.05) is 31.2 Å². The smallest absolute Gasteiger partial charge is 0.374 e. The van der Waals surface area contributed by atoms with Gasteiger partial charge in [-0.2, -0.15) is 0 Å². The number of carbonyl (C=O) groups is 1. The summed E-state index contributed by atoms with van der Waals surface area (Å²) in [6, 6.07) is 7.53. The molecule has 0 spiro atoms. The molecular formula is C15H19N3O2. The normalized spacial score (nSPS) is 10.7. The number of benzene rings is 1. The van der Waals surface area contributed by atoms with Crippen LogP contribution in [-0.4, -0.2) is 34.1 Å². The first-order chi connectivity index (χ1) is 9.67. The van der Waals surface area contributed by atoms with Crippen molar-refractivity contribution in [1.29, 1.82) is 0 Å². The van der Waals surface area contributed by atoms with Crippen molar-refractivity contribution in [2.75, 3.05) is 18.0 Å². The summed E-state index contributed by atoms with van der Waals surface area (Å²) >= 11 is 0. The first-order valence-electron chi connectivity index (χ1n) is 6.92. The number of anilines is 1. The highest BCUT2D eigenvalue weighted by Crippen LogP contribution is 2.24. The van der Waals surface area contributed by atoms with Gasteiger partial charge in [0.15, 0.2) is 0 Å². The molecule has 1 aromatic heterocycles. The summed E-state index contributed by atoms with van der Waals surface area (Å²) < 4.78 is 0. The lowest BCUT2D eigenvalue weighted by molar-refractivity contribution is 0.0684. The fourth-order valence-corrected chi connectivity index (χ4v) is 2.16. The number of fused-ring (bicyclic) bond motifs is 1. The predicted octanol–water partition coefficient (Wildman–Crippen LogP) is 2.95. The zero-order valence-electron chi connectivity index (χ0n) is 11.8. The minimum atomic E-state index is -1.09. The molecule has 0 aliphatic carbocycles. The van der Waals surface area contributed by atoms with Crippen LogP contribution in [0.2, 0.25) is 0 Å². The van der Waals surface area contributed by atoms with Crippen molar-refractivity contribution < 1.29 is 9.90 Å². The maximum absolute atomic E-state index is 11.2. The number of unbranched alkanes of at least 4 members (excludes halogenated alkanes) is 1. The highest BCUT2D eigenvalue weighted by molar-refractivity contribution is 5.93. The molecule has 1 heterocycles. The molecule has 2 rings (SSSR count). The first-order valence-corrected chi connectivity index (χ1v) is 6.92. The average Bonchev–Trinajstić information content (AvgIpc) is 2.47. The number of carboxylic acid groups (broad SMARTS) is 1. The molecule has 2 aromatic rings. The van der Waals surface area contributed by atoms with Crippen LogP contribution < -0.4 is 4.90 Å². The summed E-state index contributed by atoms with van der Waals surface area (Å²) in [5, 5.41) is 10.1. The van der Waals surface area contributed by atoms with E-state index >= 15 is 0 Å². The summed E-state index contributed by atoms with van der Waals surface area (Å²) in [5.74, 6) is -0.527. The minimum absolute atomic E-state index is 0.145. The maximum Gasteiger partial charge on any atom is 0.374 e. The van der Waals surface area contributed by atoms with Gasteiger partial charge < -0.3 is 10.0 Å². The zero-order valence-corrected chi connectivity index (χ0v) is 11.8. The van der Waals surface area contributed by atoms with E-state index in [2.05, 4.69) is 21.8 Å². The van der Waals surface area contributed by atoms with Crippen molar-refractivity contribution in [2.24, 2.45) is 0 Å². The lowest BCUT2D eigenvalue weighted by Crippen LogP contribution is -2.26. The Hall–Kier alpha value is -2.17. The molecule has 5 heteroatoms. The van der Waals surface area contributed by atoms with Crippen LogP contribution in [-0.2, 0) is 0 Å². The molecule has 0 aliphatic heterocycles. The number of hydrogen-bond acceptors (Lipinski definition) is 4. The fraction of sp³-hybridized carbons (Fsp3) is 0.400. The number of rotatable bonds is 6. The Kier molecular flexibility index (Phi) is 4.50. The Morgan fingerprint density at radius 3 is 2.65 bits per heavy atom. The van der Waals surface area contributed by atoms with Gasteiger partial charge in [-0.1, -0.05) is 25.5 Å².